The van der Waals surface area contributed by atoms with Crippen LogP contribution in [0.5, 0.6) is 5.75 Å². The topological polar surface area (TPSA) is 83.3 Å². The minimum atomic E-state index is -1.15. The van der Waals surface area contributed by atoms with Crippen LogP contribution in [-0.2, 0) is 0 Å². The van der Waals surface area contributed by atoms with Crippen LogP contribution in [0.25, 0.3) is 22.2 Å². The molecule has 0 fully saturated rings. The van der Waals surface area contributed by atoms with E-state index < -0.39 is 5.97 Å². The number of fused-ring (bicyclic) bond motifs is 1. The van der Waals surface area contributed by atoms with Crippen LogP contribution in [0.1, 0.15) is 15.9 Å². The third-order valence-electron chi connectivity index (χ3n) is 3.16. The Morgan fingerprint density at radius 2 is 1.90 bits per heavy atom. The van der Waals surface area contributed by atoms with E-state index in [0.29, 0.717) is 5.56 Å². The van der Waals surface area contributed by atoms with Gasteiger partial charge in [-0.15, -0.1) is 0 Å². The summed E-state index contributed by atoms with van der Waals surface area (Å²) < 4.78 is 8.52. The Bertz CT molecular complexity index is 826. The van der Waals surface area contributed by atoms with Crippen molar-refractivity contribution in [2.45, 2.75) is 6.92 Å². The Labute approximate surface area is 118 Å². The molecule has 0 aliphatic carbocycles. The number of hydrogen-bond acceptors (Lipinski definition) is 5. The zero-order valence-corrected chi connectivity index (χ0v) is 11.3. The van der Waals surface area contributed by atoms with Gasteiger partial charge in [0.1, 0.15) is 22.3 Å². The Balaban J connectivity index is 2.21. The van der Waals surface area contributed by atoms with Crippen LogP contribution in [-0.4, -0.2) is 24.9 Å². The largest absolute Gasteiger partial charge is 0.507 e. The lowest BCUT2D eigenvalue weighted by molar-refractivity contribution is 0.0694. The smallest absolute Gasteiger partial charge is 0.339 e. The highest BCUT2D eigenvalue weighted by Gasteiger charge is 2.14. The van der Waals surface area contributed by atoms with E-state index >= 15 is 0 Å². The number of carbonyl (C=O) groups is 1. The Morgan fingerprint density at radius 3 is 2.60 bits per heavy atom. The summed E-state index contributed by atoms with van der Waals surface area (Å²) in [6.45, 7) is 1.96. The number of phenols is 1. The fourth-order valence-corrected chi connectivity index (χ4v) is 2.72. The standard InChI is InChI=1S/C14H10N2O3S/c1-7-2-4-9(13-12(7)15-20-16-13)8-3-5-10(14(18)19)11(17)6-8/h2-6,17H,1H3,(H,18,19). The minimum absolute atomic E-state index is 0.117. The van der Waals surface area contributed by atoms with Gasteiger partial charge in [-0.2, -0.15) is 8.75 Å². The normalized spacial score (nSPS) is 10.8. The number of benzene rings is 2. The second-order valence-electron chi connectivity index (χ2n) is 4.43. The molecule has 0 saturated carbocycles. The Hall–Kier alpha value is -2.47. The van der Waals surface area contributed by atoms with Crippen LogP contribution < -0.4 is 0 Å². The molecule has 20 heavy (non-hydrogen) atoms. The summed E-state index contributed by atoms with van der Waals surface area (Å²) in [4.78, 5) is 10.9. The van der Waals surface area contributed by atoms with E-state index in [-0.39, 0.29) is 11.3 Å². The van der Waals surface area contributed by atoms with Crippen LogP contribution in [0.3, 0.4) is 0 Å². The molecule has 0 amide bonds. The van der Waals surface area contributed by atoms with Gasteiger partial charge in [0.25, 0.3) is 0 Å². The van der Waals surface area contributed by atoms with Gasteiger partial charge in [-0.05, 0) is 30.2 Å². The van der Waals surface area contributed by atoms with Crippen molar-refractivity contribution in [2.75, 3.05) is 0 Å². The fourth-order valence-electron chi connectivity index (χ4n) is 2.10. The van der Waals surface area contributed by atoms with Crippen LogP contribution in [0.4, 0.5) is 0 Å². The maximum atomic E-state index is 10.9. The van der Waals surface area contributed by atoms with Gasteiger partial charge in [0.05, 0.1) is 11.7 Å². The average molecular weight is 286 g/mol. The number of hydrogen-bond donors (Lipinski definition) is 2. The number of nitrogens with zero attached hydrogens (tertiary/aromatic N) is 2. The number of rotatable bonds is 2. The summed E-state index contributed by atoms with van der Waals surface area (Å²) in [6, 6.07) is 8.31. The minimum Gasteiger partial charge on any atom is -0.507 e. The number of aromatic hydroxyl groups is 1. The lowest BCUT2D eigenvalue weighted by atomic mass is 10.00. The molecule has 3 aromatic rings. The van der Waals surface area contributed by atoms with Gasteiger partial charge in [0.2, 0.25) is 0 Å². The SMILES string of the molecule is Cc1ccc(-c2ccc(C(=O)O)c(O)c2)c2nsnc12. The highest BCUT2D eigenvalue weighted by atomic mass is 32.1. The van der Waals surface area contributed by atoms with E-state index in [1.807, 2.05) is 19.1 Å². The molecule has 0 radical (unpaired) electrons. The quantitative estimate of drug-likeness (QED) is 0.756. The summed E-state index contributed by atoms with van der Waals surface area (Å²) in [5, 5.41) is 18.7. The molecule has 0 atom stereocenters. The molecule has 3 rings (SSSR count). The first-order valence-corrected chi connectivity index (χ1v) is 6.59. The molecule has 0 unspecified atom stereocenters. The fraction of sp³-hybridized carbons (Fsp3) is 0.0714. The van der Waals surface area contributed by atoms with Crippen LogP contribution >= 0.6 is 11.7 Å². The molecule has 2 aromatic carbocycles. The number of aryl methyl sites for hydroxylation is 1. The van der Waals surface area contributed by atoms with Crippen molar-refractivity contribution in [1.82, 2.24) is 8.75 Å². The van der Waals surface area contributed by atoms with Crippen LogP contribution in [0.2, 0.25) is 0 Å². The number of carboxylic acid groups (broad SMARTS) is 1. The van der Waals surface area contributed by atoms with E-state index in [0.717, 1.165) is 33.9 Å². The molecular formula is C14H10N2O3S. The number of carboxylic acids is 1. The second kappa shape index (κ2) is 4.57. The van der Waals surface area contributed by atoms with Gasteiger partial charge < -0.3 is 10.2 Å². The van der Waals surface area contributed by atoms with Crippen molar-refractivity contribution in [3.63, 3.8) is 0 Å². The molecule has 0 spiro atoms. The van der Waals surface area contributed by atoms with E-state index in [4.69, 9.17) is 5.11 Å². The van der Waals surface area contributed by atoms with E-state index in [1.165, 1.54) is 12.1 Å². The second-order valence-corrected chi connectivity index (χ2v) is 4.96. The molecule has 1 aromatic heterocycles. The predicted octanol–water partition coefficient (Wildman–Crippen LogP) is 3.07. The average Bonchev–Trinajstić information content (AvgIpc) is 2.88. The van der Waals surface area contributed by atoms with Crippen molar-refractivity contribution >= 4 is 28.7 Å². The van der Waals surface area contributed by atoms with E-state index in [2.05, 4.69) is 8.75 Å². The van der Waals surface area contributed by atoms with E-state index in [1.54, 1.807) is 6.07 Å². The van der Waals surface area contributed by atoms with Gasteiger partial charge in [-0.25, -0.2) is 4.79 Å². The number of aromatic nitrogens is 2. The Morgan fingerprint density at radius 1 is 1.15 bits per heavy atom. The monoisotopic (exact) mass is 286 g/mol. The van der Waals surface area contributed by atoms with Gasteiger partial charge in [-0.1, -0.05) is 18.2 Å². The zero-order valence-electron chi connectivity index (χ0n) is 10.5. The third kappa shape index (κ3) is 1.90. The molecule has 2 N–H and O–H groups in total. The van der Waals surface area contributed by atoms with Crippen molar-refractivity contribution in [1.29, 1.82) is 0 Å². The first-order valence-electron chi connectivity index (χ1n) is 5.86. The molecule has 6 heteroatoms. The first kappa shape index (κ1) is 12.6. The van der Waals surface area contributed by atoms with Crippen molar-refractivity contribution in [3.05, 3.63) is 41.5 Å². The van der Waals surface area contributed by atoms with Gasteiger partial charge >= 0.3 is 5.97 Å². The summed E-state index contributed by atoms with van der Waals surface area (Å²) in [7, 11) is 0. The molecule has 0 aliphatic heterocycles. The third-order valence-corrected chi connectivity index (χ3v) is 3.68. The molecule has 1 heterocycles. The predicted molar refractivity (Wildman–Crippen MR) is 76.2 cm³/mol. The summed E-state index contributed by atoms with van der Waals surface area (Å²) in [5.74, 6) is -1.41. The summed E-state index contributed by atoms with van der Waals surface area (Å²) in [5.41, 5.74) is 4.04. The van der Waals surface area contributed by atoms with Gasteiger partial charge in [-0.3, -0.25) is 0 Å². The Kier molecular flexibility index (Phi) is 2.87. The lowest BCUT2D eigenvalue weighted by Crippen LogP contribution is -1.96. The lowest BCUT2D eigenvalue weighted by Gasteiger charge is -2.06. The first-order chi connectivity index (χ1) is 9.58. The molecular weight excluding hydrogens is 276 g/mol. The van der Waals surface area contributed by atoms with Crippen molar-refractivity contribution in [3.8, 4) is 16.9 Å². The number of aromatic carboxylic acids is 1. The van der Waals surface area contributed by atoms with E-state index in [9.17, 15) is 9.90 Å². The summed E-state index contributed by atoms with van der Waals surface area (Å²) in [6.07, 6.45) is 0. The molecule has 100 valence electrons. The van der Waals surface area contributed by atoms with Gasteiger partial charge in [0.15, 0.2) is 0 Å². The maximum Gasteiger partial charge on any atom is 0.339 e. The highest BCUT2D eigenvalue weighted by Crippen LogP contribution is 2.32. The van der Waals surface area contributed by atoms with Crippen LogP contribution in [0.15, 0.2) is 30.3 Å². The molecule has 5 nitrogen and oxygen atoms in total. The maximum absolute atomic E-state index is 10.9. The summed E-state index contributed by atoms with van der Waals surface area (Å²) >= 11 is 1.13. The van der Waals surface area contributed by atoms with Crippen LogP contribution in [0, 0.1) is 6.92 Å². The molecule has 0 aliphatic rings. The molecule has 0 bridgehead atoms. The van der Waals surface area contributed by atoms with Crippen molar-refractivity contribution < 1.29 is 15.0 Å². The van der Waals surface area contributed by atoms with Crippen molar-refractivity contribution in [2.24, 2.45) is 0 Å². The zero-order chi connectivity index (χ0) is 14.3. The van der Waals surface area contributed by atoms with Gasteiger partial charge in [0, 0.05) is 5.56 Å². The highest BCUT2D eigenvalue weighted by molar-refractivity contribution is 7.00. The molecule has 0 saturated heterocycles.